The Morgan fingerprint density at radius 1 is 1.12 bits per heavy atom. The maximum Gasteiger partial charge on any atom is 0.223 e. The molecule has 5 heteroatoms. The first-order valence-electron chi connectivity index (χ1n) is 9.65. The van der Waals surface area contributed by atoms with Crippen molar-refractivity contribution in [1.82, 2.24) is 10.2 Å². The molecule has 1 aromatic heterocycles. The zero-order chi connectivity index (χ0) is 17.8. The van der Waals surface area contributed by atoms with Crippen molar-refractivity contribution in [3.05, 3.63) is 54.0 Å². The van der Waals surface area contributed by atoms with Crippen molar-refractivity contribution in [3.63, 3.8) is 0 Å². The van der Waals surface area contributed by atoms with Crippen LogP contribution in [0.1, 0.15) is 24.2 Å². The number of hydrogen-bond acceptors (Lipinski definition) is 4. The van der Waals surface area contributed by atoms with Crippen LogP contribution >= 0.6 is 0 Å². The van der Waals surface area contributed by atoms with Crippen molar-refractivity contribution in [3.8, 4) is 0 Å². The van der Waals surface area contributed by atoms with Crippen molar-refractivity contribution in [1.29, 1.82) is 0 Å². The highest BCUT2D eigenvalue weighted by molar-refractivity contribution is 5.78. The van der Waals surface area contributed by atoms with E-state index in [0.717, 1.165) is 64.3 Å². The summed E-state index contributed by atoms with van der Waals surface area (Å²) in [7, 11) is 0. The summed E-state index contributed by atoms with van der Waals surface area (Å²) in [4.78, 5) is 17.2. The van der Waals surface area contributed by atoms with Gasteiger partial charge in [0.2, 0.25) is 5.91 Å². The van der Waals surface area contributed by atoms with Crippen molar-refractivity contribution in [2.45, 2.75) is 25.8 Å². The SMILES string of the molecule is O=C(NCCN1CCc2ccccc21)C1CCN(Cc2ccco2)CC1. The first-order valence-corrected chi connectivity index (χ1v) is 9.65. The molecule has 0 saturated carbocycles. The molecule has 0 bridgehead atoms. The van der Waals surface area contributed by atoms with E-state index in [9.17, 15) is 4.79 Å². The molecule has 4 rings (SSSR count). The van der Waals surface area contributed by atoms with Gasteiger partial charge in [-0.15, -0.1) is 0 Å². The lowest BCUT2D eigenvalue weighted by Gasteiger charge is -2.30. The molecule has 1 aromatic carbocycles. The molecule has 0 atom stereocenters. The van der Waals surface area contributed by atoms with E-state index in [1.54, 1.807) is 6.26 Å². The number of hydrogen-bond donors (Lipinski definition) is 1. The molecule has 0 spiro atoms. The van der Waals surface area contributed by atoms with E-state index >= 15 is 0 Å². The highest BCUT2D eigenvalue weighted by Gasteiger charge is 2.25. The molecule has 2 aliphatic rings. The number of likely N-dealkylation sites (tertiary alicyclic amines) is 1. The van der Waals surface area contributed by atoms with Gasteiger partial charge in [-0.05, 0) is 56.1 Å². The molecule has 1 N–H and O–H groups in total. The molecule has 138 valence electrons. The van der Waals surface area contributed by atoms with E-state index in [-0.39, 0.29) is 11.8 Å². The summed E-state index contributed by atoms with van der Waals surface area (Å²) >= 11 is 0. The Morgan fingerprint density at radius 2 is 1.96 bits per heavy atom. The van der Waals surface area contributed by atoms with Crippen molar-refractivity contribution in [2.24, 2.45) is 5.92 Å². The number of nitrogens with one attached hydrogen (secondary N) is 1. The fourth-order valence-electron chi connectivity index (χ4n) is 4.07. The maximum absolute atomic E-state index is 12.5. The minimum Gasteiger partial charge on any atom is -0.468 e. The third-order valence-electron chi connectivity index (χ3n) is 5.58. The minimum absolute atomic E-state index is 0.147. The number of amides is 1. The molecule has 0 radical (unpaired) electrons. The van der Waals surface area contributed by atoms with Gasteiger partial charge >= 0.3 is 0 Å². The number of anilines is 1. The topological polar surface area (TPSA) is 48.7 Å². The fourth-order valence-corrected chi connectivity index (χ4v) is 4.07. The molecular weight excluding hydrogens is 326 g/mol. The third-order valence-corrected chi connectivity index (χ3v) is 5.58. The lowest BCUT2D eigenvalue weighted by atomic mass is 9.96. The van der Waals surface area contributed by atoms with Crippen LogP contribution in [0.15, 0.2) is 47.1 Å². The lowest BCUT2D eigenvalue weighted by molar-refractivity contribution is -0.126. The Hall–Kier alpha value is -2.27. The monoisotopic (exact) mass is 353 g/mol. The molecule has 0 unspecified atom stereocenters. The Morgan fingerprint density at radius 3 is 2.77 bits per heavy atom. The molecule has 1 amide bonds. The third kappa shape index (κ3) is 3.93. The van der Waals surface area contributed by atoms with Crippen LogP contribution < -0.4 is 10.2 Å². The van der Waals surface area contributed by atoms with Gasteiger partial charge in [-0.1, -0.05) is 18.2 Å². The summed E-state index contributed by atoms with van der Waals surface area (Å²) < 4.78 is 5.41. The van der Waals surface area contributed by atoms with E-state index < -0.39 is 0 Å². The predicted molar refractivity (Wildman–Crippen MR) is 102 cm³/mol. The van der Waals surface area contributed by atoms with Gasteiger partial charge in [-0.25, -0.2) is 0 Å². The maximum atomic E-state index is 12.5. The number of para-hydroxylation sites is 1. The van der Waals surface area contributed by atoms with Crippen molar-refractivity contribution >= 4 is 11.6 Å². The molecule has 1 saturated heterocycles. The van der Waals surface area contributed by atoms with Gasteiger partial charge in [0.15, 0.2) is 0 Å². The molecule has 1 fully saturated rings. The second-order valence-corrected chi connectivity index (χ2v) is 7.29. The van der Waals surface area contributed by atoms with Crippen LogP contribution in [-0.4, -0.2) is 43.5 Å². The summed E-state index contributed by atoms with van der Waals surface area (Å²) in [6.07, 6.45) is 4.69. The molecule has 0 aliphatic carbocycles. The van der Waals surface area contributed by atoms with Crippen LogP contribution in [0.3, 0.4) is 0 Å². The average molecular weight is 353 g/mol. The Kier molecular flexibility index (Phi) is 5.25. The van der Waals surface area contributed by atoms with Crippen LogP contribution in [0.5, 0.6) is 0 Å². The summed E-state index contributed by atoms with van der Waals surface area (Å²) in [5.41, 5.74) is 2.75. The summed E-state index contributed by atoms with van der Waals surface area (Å²) in [5.74, 6) is 1.36. The van der Waals surface area contributed by atoms with Gasteiger partial charge in [0, 0.05) is 31.2 Å². The minimum atomic E-state index is 0.147. The fraction of sp³-hybridized carbons (Fsp3) is 0.476. The number of carbonyl (C=O) groups excluding carboxylic acids is 1. The van der Waals surface area contributed by atoms with Gasteiger partial charge in [0.25, 0.3) is 0 Å². The van der Waals surface area contributed by atoms with Gasteiger partial charge in [0.1, 0.15) is 5.76 Å². The zero-order valence-corrected chi connectivity index (χ0v) is 15.2. The molecule has 5 nitrogen and oxygen atoms in total. The van der Waals surface area contributed by atoms with E-state index in [0.29, 0.717) is 0 Å². The number of fused-ring (bicyclic) bond motifs is 1. The Bertz CT molecular complexity index is 721. The summed E-state index contributed by atoms with van der Waals surface area (Å²) in [6.45, 7) is 5.42. The van der Waals surface area contributed by atoms with Crippen LogP contribution in [-0.2, 0) is 17.8 Å². The average Bonchev–Trinajstić information content (AvgIpc) is 3.32. The molecule has 2 aliphatic heterocycles. The van der Waals surface area contributed by atoms with E-state index in [1.807, 2.05) is 12.1 Å². The largest absolute Gasteiger partial charge is 0.468 e. The first kappa shape index (κ1) is 17.2. The normalized spacial score (nSPS) is 18.1. The quantitative estimate of drug-likeness (QED) is 0.867. The number of furan rings is 1. The second-order valence-electron chi connectivity index (χ2n) is 7.29. The van der Waals surface area contributed by atoms with Crippen LogP contribution in [0.4, 0.5) is 5.69 Å². The molecule has 2 aromatic rings. The van der Waals surface area contributed by atoms with Crippen molar-refractivity contribution < 1.29 is 9.21 Å². The summed E-state index contributed by atoms with van der Waals surface area (Å²) in [5, 5.41) is 3.15. The van der Waals surface area contributed by atoms with Gasteiger partial charge < -0.3 is 14.6 Å². The van der Waals surface area contributed by atoms with Crippen LogP contribution in [0, 0.1) is 5.92 Å². The molecule has 3 heterocycles. The molecule has 26 heavy (non-hydrogen) atoms. The van der Waals surface area contributed by atoms with E-state index in [2.05, 4.69) is 39.4 Å². The second kappa shape index (κ2) is 7.96. The standard InChI is InChI=1S/C21H27N3O2/c25-21(18-7-11-23(12-8-18)16-19-5-3-15-26-19)22-10-14-24-13-9-17-4-1-2-6-20(17)24/h1-6,15,18H,7-14,16H2,(H,22,25). The molecular formula is C21H27N3O2. The lowest BCUT2D eigenvalue weighted by Crippen LogP contribution is -2.42. The van der Waals surface area contributed by atoms with Gasteiger partial charge in [-0.2, -0.15) is 0 Å². The van der Waals surface area contributed by atoms with E-state index in [4.69, 9.17) is 4.42 Å². The number of rotatable bonds is 6. The Labute approximate surface area is 155 Å². The van der Waals surface area contributed by atoms with Crippen LogP contribution in [0.25, 0.3) is 0 Å². The number of piperidine rings is 1. The summed E-state index contributed by atoms with van der Waals surface area (Å²) in [6, 6.07) is 12.5. The van der Waals surface area contributed by atoms with Crippen molar-refractivity contribution in [2.75, 3.05) is 37.6 Å². The van der Waals surface area contributed by atoms with Crippen LogP contribution in [0.2, 0.25) is 0 Å². The Balaban J connectivity index is 1.18. The van der Waals surface area contributed by atoms with Gasteiger partial charge in [-0.3, -0.25) is 9.69 Å². The predicted octanol–water partition coefficient (Wildman–Crippen LogP) is 2.67. The van der Waals surface area contributed by atoms with E-state index in [1.165, 1.54) is 11.3 Å². The highest BCUT2D eigenvalue weighted by Crippen LogP contribution is 2.26. The number of carbonyl (C=O) groups is 1. The smallest absolute Gasteiger partial charge is 0.223 e. The number of benzene rings is 1. The zero-order valence-electron chi connectivity index (χ0n) is 15.2. The first-order chi connectivity index (χ1) is 12.8. The number of nitrogens with zero attached hydrogens (tertiary/aromatic N) is 2. The highest BCUT2D eigenvalue weighted by atomic mass is 16.3. The van der Waals surface area contributed by atoms with Gasteiger partial charge in [0.05, 0.1) is 12.8 Å².